The minimum atomic E-state index is -4.56. The predicted molar refractivity (Wildman–Crippen MR) is 91.4 cm³/mol. The molecule has 2 N–H and O–H groups in total. The summed E-state index contributed by atoms with van der Waals surface area (Å²) < 4.78 is 56.0. The molecule has 0 atom stereocenters. The SMILES string of the molecule is Cc1cc(C)cc(C2=C(c3cc(F)c(S(N)(=O)=O)c(F)c3)COC2=O)c1. The van der Waals surface area contributed by atoms with Crippen LogP contribution in [0.1, 0.15) is 22.3 Å². The van der Waals surface area contributed by atoms with Gasteiger partial charge in [-0.05, 0) is 37.1 Å². The number of rotatable bonds is 3. The fraction of sp³-hybridized carbons (Fsp3) is 0.167. The molecule has 2 aromatic rings. The van der Waals surface area contributed by atoms with E-state index in [1.54, 1.807) is 12.1 Å². The summed E-state index contributed by atoms with van der Waals surface area (Å²) >= 11 is 0. The lowest BCUT2D eigenvalue weighted by Crippen LogP contribution is -2.16. The van der Waals surface area contributed by atoms with Crippen LogP contribution in [0.3, 0.4) is 0 Å². The summed E-state index contributed by atoms with van der Waals surface area (Å²) in [6.07, 6.45) is 0. The van der Waals surface area contributed by atoms with Crippen molar-refractivity contribution in [2.75, 3.05) is 6.61 Å². The van der Waals surface area contributed by atoms with Gasteiger partial charge in [-0.1, -0.05) is 29.3 Å². The molecule has 1 aliphatic heterocycles. The zero-order valence-electron chi connectivity index (χ0n) is 14.0. The Balaban J connectivity index is 2.24. The standard InChI is InChI=1S/C18H15F2NO4S/c1-9-3-10(2)5-12(4-9)16-13(8-25-18(16)22)11-6-14(19)17(15(20)7-11)26(21,23)24/h3-7H,8H2,1-2H3,(H2,21,23,24). The highest BCUT2D eigenvalue weighted by Gasteiger charge is 2.30. The number of hydrogen-bond donors (Lipinski definition) is 1. The van der Waals surface area contributed by atoms with Crippen molar-refractivity contribution in [1.82, 2.24) is 0 Å². The molecule has 26 heavy (non-hydrogen) atoms. The van der Waals surface area contributed by atoms with Crippen molar-refractivity contribution in [3.8, 4) is 0 Å². The van der Waals surface area contributed by atoms with Gasteiger partial charge in [0.2, 0.25) is 10.0 Å². The minimum Gasteiger partial charge on any atom is -0.457 e. The van der Waals surface area contributed by atoms with E-state index in [0.717, 1.165) is 23.3 Å². The Bertz CT molecular complexity index is 1030. The first-order valence-corrected chi connectivity index (χ1v) is 9.13. The summed E-state index contributed by atoms with van der Waals surface area (Å²) in [5.41, 5.74) is 2.88. The summed E-state index contributed by atoms with van der Waals surface area (Å²) in [5.74, 6) is -3.26. The van der Waals surface area contributed by atoms with Crippen LogP contribution in [-0.2, 0) is 19.6 Å². The summed E-state index contributed by atoms with van der Waals surface area (Å²) in [6, 6.07) is 7.12. The van der Waals surface area contributed by atoms with E-state index < -0.39 is 32.5 Å². The molecule has 1 heterocycles. The maximum absolute atomic E-state index is 14.2. The van der Waals surface area contributed by atoms with Gasteiger partial charge in [-0.2, -0.15) is 0 Å². The maximum Gasteiger partial charge on any atom is 0.339 e. The first kappa shape index (κ1) is 18.2. The molecule has 0 spiro atoms. The summed E-state index contributed by atoms with van der Waals surface area (Å²) in [7, 11) is -4.56. The van der Waals surface area contributed by atoms with Crippen LogP contribution in [0, 0.1) is 25.5 Å². The lowest BCUT2D eigenvalue weighted by Gasteiger charge is -2.09. The van der Waals surface area contributed by atoms with E-state index in [2.05, 4.69) is 0 Å². The highest BCUT2D eigenvalue weighted by atomic mass is 32.2. The molecular formula is C18H15F2NO4S. The van der Waals surface area contributed by atoms with Crippen LogP contribution >= 0.6 is 0 Å². The zero-order valence-corrected chi connectivity index (χ0v) is 14.8. The quantitative estimate of drug-likeness (QED) is 0.831. The van der Waals surface area contributed by atoms with E-state index in [1.165, 1.54) is 0 Å². The van der Waals surface area contributed by atoms with Crippen molar-refractivity contribution in [3.05, 3.63) is 64.2 Å². The second-order valence-electron chi connectivity index (χ2n) is 6.12. The zero-order chi connectivity index (χ0) is 19.2. The summed E-state index contributed by atoms with van der Waals surface area (Å²) in [4.78, 5) is 11.0. The number of carbonyl (C=O) groups excluding carboxylic acids is 1. The molecule has 0 aliphatic carbocycles. The van der Waals surface area contributed by atoms with E-state index in [4.69, 9.17) is 9.88 Å². The number of sulfonamides is 1. The molecule has 5 nitrogen and oxygen atoms in total. The molecule has 0 bridgehead atoms. The molecule has 1 aliphatic rings. The van der Waals surface area contributed by atoms with Crippen LogP contribution in [0.2, 0.25) is 0 Å². The highest BCUT2D eigenvalue weighted by Crippen LogP contribution is 2.35. The lowest BCUT2D eigenvalue weighted by atomic mass is 9.94. The molecule has 0 saturated carbocycles. The number of hydrogen-bond acceptors (Lipinski definition) is 4. The van der Waals surface area contributed by atoms with Crippen molar-refractivity contribution in [3.63, 3.8) is 0 Å². The van der Waals surface area contributed by atoms with Crippen molar-refractivity contribution in [2.45, 2.75) is 18.7 Å². The van der Waals surface area contributed by atoms with Gasteiger partial charge in [0.25, 0.3) is 0 Å². The van der Waals surface area contributed by atoms with E-state index in [1.807, 2.05) is 19.9 Å². The number of primary sulfonamides is 1. The Kier molecular flexibility index (Phi) is 4.41. The first-order valence-electron chi connectivity index (χ1n) is 7.59. The number of halogens is 2. The number of aryl methyl sites for hydroxylation is 2. The largest absolute Gasteiger partial charge is 0.457 e. The Morgan fingerprint density at radius 1 is 0.962 bits per heavy atom. The van der Waals surface area contributed by atoms with Crippen molar-refractivity contribution >= 4 is 27.1 Å². The second kappa shape index (κ2) is 6.30. The van der Waals surface area contributed by atoms with Gasteiger partial charge in [-0.3, -0.25) is 0 Å². The number of cyclic esters (lactones) is 1. The summed E-state index contributed by atoms with van der Waals surface area (Å²) in [6.45, 7) is 3.54. The maximum atomic E-state index is 14.2. The smallest absolute Gasteiger partial charge is 0.339 e. The topological polar surface area (TPSA) is 86.5 Å². The van der Waals surface area contributed by atoms with Gasteiger partial charge in [-0.15, -0.1) is 0 Å². The van der Waals surface area contributed by atoms with Crippen LogP contribution in [-0.4, -0.2) is 21.0 Å². The minimum absolute atomic E-state index is 0.0207. The lowest BCUT2D eigenvalue weighted by molar-refractivity contribution is -0.133. The Morgan fingerprint density at radius 2 is 1.50 bits per heavy atom. The first-order chi connectivity index (χ1) is 12.1. The van der Waals surface area contributed by atoms with E-state index >= 15 is 0 Å². The molecule has 0 saturated heterocycles. The van der Waals surface area contributed by atoms with Crippen molar-refractivity contribution < 1.29 is 26.7 Å². The van der Waals surface area contributed by atoms with Gasteiger partial charge in [0.15, 0.2) is 4.90 Å². The van der Waals surface area contributed by atoms with Gasteiger partial charge in [-0.25, -0.2) is 27.1 Å². The molecule has 2 aromatic carbocycles. The van der Waals surface area contributed by atoms with Gasteiger partial charge < -0.3 is 4.74 Å². The molecule has 136 valence electrons. The molecule has 3 rings (SSSR count). The third-order valence-corrected chi connectivity index (χ3v) is 4.95. The fourth-order valence-electron chi connectivity index (χ4n) is 3.05. The molecule has 0 amide bonds. The molecule has 0 fully saturated rings. The molecule has 0 unspecified atom stereocenters. The normalized spacial score (nSPS) is 14.7. The van der Waals surface area contributed by atoms with Crippen LogP contribution in [0.4, 0.5) is 8.78 Å². The van der Waals surface area contributed by atoms with E-state index in [-0.39, 0.29) is 23.3 Å². The van der Waals surface area contributed by atoms with Crippen LogP contribution in [0.5, 0.6) is 0 Å². The Labute approximate surface area is 149 Å². The number of ether oxygens (including phenoxy) is 1. The second-order valence-corrected chi connectivity index (χ2v) is 7.62. The predicted octanol–water partition coefficient (Wildman–Crippen LogP) is 2.70. The fourth-order valence-corrected chi connectivity index (χ4v) is 3.71. The molecule has 0 radical (unpaired) electrons. The van der Waals surface area contributed by atoms with Gasteiger partial charge >= 0.3 is 5.97 Å². The third-order valence-electron chi connectivity index (χ3n) is 4.00. The van der Waals surface area contributed by atoms with E-state index in [0.29, 0.717) is 5.56 Å². The monoisotopic (exact) mass is 379 g/mol. The Hall–Kier alpha value is -2.58. The molecule has 8 heteroatoms. The number of carbonyl (C=O) groups is 1. The Morgan fingerprint density at radius 3 is 2.00 bits per heavy atom. The average Bonchev–Trinajstić information content (AvgIpc) is 2.85. The van der Waals surface area contributed by atoms with Gasteiger partial charge in [0.05, 0.1) is 5.57 Å². The number of nitrogens with two attached hydrogens (primary N) is 1. The number of esters is 1. The third kappa shape index (κ3) is 3.25. The summed E-state index contributed by atoms with van der Waals surface area (Å²) in [5, 5.41) is 4.84. The highest BCUT2D eigenvalue weighted by molar-refractivity contribution is 7.89. The van der Waals surface area contributed by atoms with Crippen LogP contribution in [0.25, 0.3) is 11.1 Å². The molecular weight excluding hydrogens is 364 g/mol. The number of benzene rings is 2. The van der Waals surface area contributed by atoms with Crippen molar-refractivity contribution in [1.29, 1.82) is 0 Å². The van der Waals surface area contributed by atoms with Crippen LogP contribution < -0.4 is 5.14 Å². The van der Waals surface area contributed by atoms with Gasteiger partial charge in [0, 0.05) is 5.57 Å². The van der Waals surface area contributed by atoms with Crippen molar-refractivity contribution in [2.24, 2.45) is 5.14 Å². The molecule has 0 aromatic heterocycles. The van der Waals surface area contributed by atoms with Gasteiger partial charge in [0.1, 0.15) is 18.2 Å². The average molecular weight is 379 g/mol. The van der Waals surface area contributed by atoms with E-state index in [9.17, 15) is 22.0 Å². The van der Waals surface area contributed by atoms with Crippen LogP contribution in [0.15, 0.2) is 35.2 Å².